The molecule has 1 heterocycles. The molecule has 0 aliphatic carbocycles. The molecule has 0 saturated heterocycles. The van der Waals surface area contributed by atoms with Crippen LogP contribution < -0.4 is 5.32 Å². The van der Waals surface area contributed by atoms with E-state index in [2.05, 4.69) is 15.5 Å². The van der Waals surface area contributed by atoms with Gasteiger partial charge >= 0.3 is 11.8 Å². The topological polar surface area (TPSA) is 68.0 Å². The van der Waals surface area contributed by atoms with Crippen LogP contribution in [0.25, 0.3) is 0 Å². The molecule has 0 aliphatic rings. The van der Waals surface area contributed by atoms with E-state index in [4.69, 9.17) is 4.42 Å². The monoisotopic (exact) mass is 263 g/mol. The first kappa shape index (κ1) is 13.2. The summed E-state index contributed by atoms with van der Waals surface area (Å²) in [6, 6.07) is 5.88. The molecule has 0 fully saturated rings. The number of carbonyl (C=O) groups excluding carboxylic acids is 1. The third-order valence-electron chi connectivity index (χ3n) is 2.50. The first-order chi connectivity index (χ1) is 9.06. The molecular formula is C13H14FN3O2. The summed E-state index contributed by atoms with van der Waals surface area (Å²) >= 11 is 0. The fraction of sp³-hybridized carbons (Fsp3) is 0.308. The Kier molecular flexibility index (Phi) is 3.89. The number of aromatic nitrogens is 2. The second kappa shape index (κ2) is 5.60. The highest BCUT2D eigenvalue weighted by Gasteiger charge is 2.15. The van der Waals surface area contributed by atoms with Crippen molar-refractivity contribution in [1.82, 2.24) is 15.5 Å². The van der Waals surface area contributed by atoms with Crippen molar-refractivity contribution in [1.29, 1.82) is 0 Å². The highest BCUT2D eigenvalue weighted by Crippen LogP contribution is 2.11. The number of halogens is 1. The minimum Gasteiger partial charge on any atom is -0.417 e. The van der Waals surface area contributed by atoms with Gasteiger partial charge in [-0.25, -0.2) is 4.39 Å². The van der Waals surface area contributed by atoms with Gasteiger partial charge in [-0.2, -0.15) is 0 Å². The fourth-order valence-electron chi connectivity index (χ4n) is 1.42. The van der Waals surface area contributed by atoms with E-state index < -0.39 is 5.91 Å². The Labute approximate surface area is 109 Å². The van der Waals surface area contributed by atoms with Crippen molar-refractivity contribution in [2.75, 3.05) is 0 Å². The molecule has 2 aromatic rings. The van der Waals surface area contributed by atoms with Gasteiger partial charge in [-0.3, -0.25) is 4.79 Å². The van der Waals surface area contributed by atoms with Gasteiger partial charge in [0.25, 0.3) is 0 Å². The molecule has 100 valence electrons. The highest BCUT2D eigenvalue weighted by atomic mass is 19.1. The van der Waals surface area contributed by atoms with E-state index in [0.717, 1.165) is 5.56 Å². The lowest BCUT2D eigenvalue weighted by Crippen LogP contribution is -2.23. The molecule has 19 heavy (non-hydrogen) atoms. The predicted molar refractivity (Wildman–Crippen MR) is 66.0 cm³/mol. The second-order valence-electron chi connectivity index (χ2n) is 4.41. The van der Waals surface area contributed by atoms with Gasteiger partial charge < -0.3 is 9.73 Å². The quantitative estimate of drug-likeness (QED) is 0.918. The Morgan fingerprint density at radius 1 is 1.32 bits per heavy atom. The zero-order valence-corrected chi connectivity index (χ0v) is 10.7. The zero-order chi connectivity index (χ0) is 13.8. The summed E-state index contributed by atoms with van der Waals surface area (Å²) in [5.74, 6) is -0.318. The van der Waals surface area contributed by atoms with E-state index in [1.165, 1.54) is 12.1 Å². The molecule has 0 spiro atoms. The number of hydrogen-bond acceptors (Lipinski definition) is 4. The first-order valence-electron chi connectivity index (χ1n) is 5.92. The first-order valence-corrected chi connectivity index (χ1v) is 5.92. The number of carbonyl (C=O) groups is 1. The molecule has 1 N–H and O–H groups in total. The van der Waals surface area contributed by atoms with Crippen molar-refractivity contribution in [2.24, 2.45) is 0 Å². The number of rotatable bonds is 4. The van der Waals surface area contributed by atoms with Gasteiger partial charge in [-0.1, -0.05) is 26.0 Å². The lowest BCUT2D eigenvalue weighted by molar-refractivity contribution is 0.0914. The third-order valence-corrected chi connectivity index (χ3v) is 2.50. The van der Waals surface area contributed by atoms with Crippen molar-refractivity contribution >= 4 is 5.91 Å². The van der Waals surface area contributed by atoms with Gasteiger partial charge in [0.15, 0.2) is 0 Å². The minimum atomic E-state index is -0.441. The molecular weight excluding hydrogens is 249 g/mol. The summed E-state index contributed by atoms with van der Waals surface area (Å²) in [7, 11) is 0. The largest absolute Gasteiger partial charge is 0.417 e. The lowest BCUT2D eigenvalue weighted by Gasteiger charge is -2.02. The van der Waals surface area contributed by atoms with E-state index in [9.17, 15) is 9.18 Å². The maximum Gasteiger partial charge on any atom is 0.309 e. The van der Waals surface area contributed by atoms with Crippen LogP contribution in [0.5, 0.6) is 0 Å². The number of nitrogens with zero attached hydrogens (tertiary/aromatic N) is 2. The average Bonchev–Trinajstić information content (AvgIpc) is 2.87. The van der Waals surface area contributed by atoms with Crippen molar-refractivity contribution in [2.45, 2.75) is 26.3 Å². The molecule has 0 unspecified atom stereocenters. The van der Waals surface area contributed by atoms with E-state index in [0.29, 0.717) is 5.89 Å². The average molecular weight is 263 g/mol. The van der Waals surface area contributed by atoms with Gasteiger partial charge in [0.05, 0.1) is 0 Å². The SMILES string of the molecule is CC(C)c1nnc(C(=O)NCc2ccc(F)cc2)o1. The maximum absolute atomic E-state index is 12.7. The summed E-state index contributed by atoms with van der Waals surface area (Å²) in [6.07, 6.45) is 0. The fourth-order valence-corrected chi connectivity index (χ4v) is 1.42. The molecule has 0 radical (unpaired) electrons. The summed E-state index contributed by atoms with van der Waals surface area (Å²) in [4.78, 5) is 11.7. The highest BCUT2D eigenvalue weighted by molar-refractivity contribution is 5.89. The molecule has 5 nitrogen and oxygen atoms in total. The van der Waals surface area contributed by atoms with Crippen molar-refractivity contribution < 1.29 is 13.6 Å². The predicted octanol–water partition coefficient (Wildman–Crippen LogP) is 2.26. The summed E-state index contributed by atoms with van der Waals surface area (Å²) < 4.78 is 17.9. The van der Waals surface area contributed by atoms with E-state index in [1.807, 2.05) is 13.8 Å². The van der Waals surface area contributed by atoms with Crippen molar-refractivity contribution in [3.05, 3.63) is 47.4 Å². The smallest absolute Gasteiger partial charge is 0.309 e. The third kappa shape index (κ3) is 3.37. The second-order valence-corrected chi connectivity index (χ2v) is 4.41. The molecule has 1 aromatic carbocycles. The van der Waals surface area contributed by atoms with Gasteiger partial charge in [0.1, 0.15) is 5.82 Å². The van der Waals surface area contributed by atoms with Gasteiger partial charge in [0, 0.05) is 12.5 Å². The molecule has 0 aliphatic heterocycles. The molecule has 0 saturated carbocycles. The lowest BCUT2D eigenvalue weighted by atomic mass is 10.2. The van der Waals surface area contributed by atoms with E-state index >= 15 is 0 Å². The van der Waals surface area contributed by atoms with Crippen LogP contribution in [0.15, 0.2) is 28.7 Å². The standard InChI is InChI=1S/C13H14FN3O2/c1-8(2)12-16-17-13(19-12)11(18)15-7-9-3-5-10(14)6-4-9/h3-6,8H,7H2,1-2H3,(H,15,18). The van der Waals surface area contributed by atoms with E-state index in [1.54, 1.807) is 12.1 Å². The number of amides is 1. The zero-order valence-electron chi connectivity index (χ0n) is 10.7. The minimum absolute atomic E-state index is 0.0641. The van der Waals surface area contributed by atoms with Crippen LogP contribution in [0.4, 0.5) is 4.39 Å². The van der Waals surface area contributed by atoms with Crippen molar-refractivity contribution in [3.63, 3.8) is 0 Å². The van der Waals surface area contributed by atoms with Crippen LogP contribution in [-0.4, -0.2) is 16.1 Å². The number of benzene rings is 1. The van der Waals surface area contributed by atoms with Crippen LogP contribution in [0, 0.1) is 5.82 Å². The summed E-state index contributed by atoms with van der Waals surface area (Å²) in [5, 5.41) is 10.1. The number of nitrogens with one attached hydrogen (secondary N) is 1. The van der Waals surface area contributed by atoms with Gasteiger partial charge in [-0.15, -0.1) is 10.2 Å². The molecule has 2 rings (SSSR count). The van der Waals surface area contributed by atoms with Gasteiger partial charge in [0.2, 0.25) is 5.89 Å². The normalized spacial score (nSPS) is 10.7. The van der Waals surface area contributed by atoms with E-state index in [-0.39, 0.29) is 24.2 Å². The Bertz CT molecular complexity index is 564. The Balaban J connectivity index is 1.95. The van der Waals surface area contributed by atoms with Crippen LogP contribution >= 0.6 is 0 Å². The Hall–Kier alpha value is -2.24. The summed E-state index contributed by atoms with van der Waals surface area (Å²) in [5.41, 5.74) is 0.790. The summed E-state index contributed by atoms with van der Waals surface area (Å²) in [6.45, 7) is 4.07. The Morgan fingerprint density at radius 2 is 2.00 bits per heavy atom. The molecule has 1 aromatic heterocycles. The molecule has 6 heteroatoms. The Morgan fingerprint density at radius 3 is 2.58 bits per heavy atom. The van der Waals surface area contributed by atoms with Gasteiger partial charge in [-0.05, 0) is 17.7 Å². The molecule has 1 amide bonds. The van der Waals surface area contributed by atoms with Crippen LogP contribution in [-0.2, 0) is 6.54 Å². The molecule has 0 bridgehead atoms. The van der Waals surface area contributed by atoms with Crippen molar-refractivity contribution in [3.8, 4) is 0 Å². The van der Waals surface area contributed by atoms with Crippen LogP contribution in [0.1, 0.15) is 41.9 Å². The molecule has 0 atom stereocenters. The maximum atomic E-state index is 12.7. The number of hydrogen-bond donors (Lipinski definition) is 1. The van der Waals surface area contributed by atoms with Crippen LogP contribution in [0.2, 0.25) is 0 Å². The van der Waals surface area contributed by atoms with Crippen LogP contribution in [0.3, 0.4) is 0 Å².